The van der Waals surface area contributed by atoms with Gasteiger partial charge in [-0.1, -0.05) is 25.7 Å². The van der Waals surface area contributed by atoms with Gasteiger partial charge in [0.15, 0.2) is 18.1 Å². The molecule has 0 saturated heterocycles. The van der Waals surface area contributed by atoms with Gasteiger partial charge in [0.05, 0.1) is 11.1 Å². The standard InChI is InChI=1S/C18H27BrN2O3.ClH/c1-2-23-16-10-13(9-15(19)18(16)24-12-17(20)22)11-21-14-7-5-3-4-6-8-14;/h9-10,14,21H,2-8,11-12H2,1H3,(H2,20,22);1H/p-1. The number of halogens is 2. The lowest BCUT2D eigenvalue weighted by atomic mass is 10.1. The highest BCUT2D eigenvalue weighted by atomic mass is 79.9. The SMILES string of the molecule is CCOc1cc(CNC2CCCCCC2)cc(Br)c1OCC(N)=O.[Cl-]. The number of nitrogens with one attached hydrogen (secondary N) is 1. The maximum atomic E-state index is 11.0. The molecule has 0 heterocycles. The number of carbonyl (C=O) groups excluding carboxylic acids is 1. The Kier molecular flexibility index (Phi) is 10.2. The first-order valence-electron chi connectivity index (χ1n) is 8.70. The van der Waals surface area contributed by atoms with Gasteiger partial charge in [0.1, 0.15) is 0 Å². The van der Waals surface area contributed by atoms with Crippen LogP contribution >= 0.6 is 15.9 Å². The van der Waals surface area contributed by atoms with Gasteiger partial charge in [-0.05, 0) is 53.4 Å². The molecule has 142 valence electrons. The van der Waals surface area contributed by atoms with Crippen LogP contribution in [-0.4, -0.2) is 25.2 Å². The molecule has 7 heteroatoms. The summed E-state index contributed by atoms with van der Waals surface area (Å²) < 4.78 is 11.9. The van der Waals surface area contributed by atoms with E-state index in [1.54, 1.807) is 0 Å². The van der Waals surface area contributed by atoms with Gasteiger partial charge in [-0.2, -0.15) is 0 Å². The molecular weight excluding hydrogens is 408 g/mol. The predicted molar refractivity (Wildman–Crippen MR) is 98.3 cm³/mol. The largest absolute Gasteiger partial charge is 1.00 e. The van der Waals surface area contributed by atoms with Gasteiger partial charge in [0, 0.05) is 12.6 Å². The summed E-state index contributed by atoms with van der Waals surface area (Å²) in [5, 5.41) is 3.65. The molecule has 1 saturated carbocycles. The van der Waals surface area contributed by atoms with E-state index in [0.717, 1.165) is 16.6 Å². The van der Waals surface area contributed by atoms with Gasteiger partial charge in [0.2, 0.25) is 0 Å². The summed E-state index contributed by atoms with van der Waals surface area (Å²) in [5.74, 6) is 0.642. The quantitative estimate of drug-likeness (QED) is 0.585. The van der Waals surface area contributed by atoms with Crippen LogP contribution in [0.1, 0.15) is 51.0 Å². The third-order valence-electron chi connectivity index (χ3n) is 4.18. The molecule has 0 bridgehead atoms. The van der Waals surface area contributed by atoms with E-state index in [1.165, 1.54) is 38.5 Å². The van der Waals surface area contributed by atoms with E-state index in [-0.39, 0.29) is 19.0 Å². The van der Waals surface area contributed by atoms with E-state index in [0.29, 0.717) is 24.1 Å². The van der Waals surface area contributed by atoms with E-state index in [4.69, 9.17) is 15.2 Å². The van der Waals surface area contributed by atoms with Crippen LogP contribution in [0, 0.1) is 0 Å². The average Bonchev–Trinajstić information content (AvgIpc) is 2.81. The Morgan fingerprint density at radius 3 is 2.52 bits per heavy atom. The molecule has 1 aromatic rings. The second kappa shape index (κ2) is 11.6. The first-order chi connectivity index (χ1) is 11.6. The fourth-order valence-electron chi connectivity index (χ4n) is 3.02. The number of ether oxygens (including phenoxy) is 2. The zero-order valence-electron chi connectivity index (χ0n) is 14.7. The topological polar surface area (TPSA) is 73.6 Å². The number of carbonyl (C=O) groups is 1. The molecule has 3 N–H and O–H groups in total. The Bertz CT molecular complexity index is 549. The molecule has 1 amide bonds. The van der Waals surface area contributed by atoms with E-state index in [2.05, 4.69) is 21.2 Å². The summed E-state index contributed by atoms with van der Waals surface area (Å²) >= 11 is 3.51. The summed E-state index contributed by atoms with van der Waals surface area (Å²) in [6.07, 6.45) is 7.82. The van der Waals surface area contributed by atoms with Crippen LogP contribution in [0.25, 0.3) is 0 Å². The molecule has 0 radical (unpaired) electrons. The highest BCUT2D eigenvalue weighted by Gasteiger charge is 2.15. The van der Waals surface area contributed by atoms with Crippen LogP contribution in [0.5, 0.6) is 11.5 Å². The summed E-state index contributed by atoms with van der Waals surface area (Å²) in [5.41, 5.74) is 6.28. The highest BCUT2D eigenvalue weighted by molar-refractivity contribution is 9.10. The van der Waals surface area contributed by atoms with Gasteiger partial charge >= 0.3 is 0 Å². The lowest BCUT2D eigenvalue weighted by Gasteiger charge is -2.18. The van der Waals surface area contributed by atoms with E-state index in [1.807, 2.05) is 19.1 Å². The van der Waals surface area contributed by atoms with Crippen molar-refractivity contribution in [3.05, 3.63) is 22.2 Å². The van der Waals surface area contributed by atoms with E-state index < -0.39 is 5.91 Å². The summed E-state index contributed by atoms with van der Waals surface area (Å²) in [6.45, 7) is 3.07. The smallest absolute Gasteiger partial charge is 0.255 e. The number of nitrogens with two attached hydrogens (primary N) is 1. The molecule has 1 fully saturated rings. The minimum Gasteiger partial charge on any atom is -1.00 e. The van der Waals surface area contributed by atoms with Crippen molar-refractivity contribution in [2.45, 2.75) is 58.0 Å². The summed E-state index contributed by atoms with van der Waals surface area (Å²) in [6, 6.07) is 4.56. The zero-order chi connectivity index (χ0) is 17.4. The van der Waals surface area contributed by atoms with Gasteiger partial charge in [-0.25, -0.2) is 0 Å². The van der Waals surface area contributed by atoms with Crippen LogP contribution in [0.2, 0.25) is 0 Å². The number of rotatable bonds is 8. The third-order valence-corrected chi connectivity index (χ3v) is 4.77. The molecule has 0 unspecified atom stereocenters. The normalized spacial score (nSPS) is 15.1. The summed E-state index contributed by atoms with van der Waals surface area (Å²) in [4.78, 5) is 11.0. The second-order valence-electron chi connectivity index (χ2n) is 6.16. The number of amides is 1. The minimum atomic E-state index is -0.511. The number of hydrogen-bond acceptors (Lipinski definition) is 4. The van der Waals surface area contributed by atoms with Crippen LogP contribution in [-0.2, 0) is 11.3 Å². The molecule has 1 aliphatic carbocycles. The second-order valence-corrected chi connectivity index (χ2v) is 7.02. The van der Waals surface area contributed by atoms with Crippen molar-refractivity contribution in [3.63, 3.8) is 0 Å². The molecule has 1 aliphatic rings. The Labute approximate surface area is 164 Å². The molecule has 1 aromatic carbocycles. The zero-order valence-corrected chi connectivity index (χ0v) is 17.0. The molecule has 0 spiro atoms. The number of benzene rings is 1. The van der Waals surface area contributed by atoms with Crippen molar-refractivity contribution in [1.29, 1.82) is 0 Å². The van der Waals surface area contributed by atoms with Gasteiger partial charge < -0.3 is 32.9 Å². The first kappa shape index (κ1) is 22.1. The Morgan fingerprint density at radius 1 is 1.24 bits per heavy atom. The highest BCUT2D eigenvalue weighted by Crippen LogP contribution is 2.37. The number of primary amides is 1. The lowest BCUT2D eigenvalue weighted by Crippen LogP contribution is -3.00. The molecule has 5 nitrogen and oxygen atoms in total. The van der Waals surface area contributed by atoms with Crippen LogP contribution in [0.15, 0.2) is 16.6 Å². The van der Waals surface area contributed by atoms with Crippen LogP contribution in [0.4, 0.5) is 0 Å². The van der Waals surface area contributed by atoms with Crippen molar-refractivity contribution >= 4 is 21.8 Å². The van der Waals surface area contributed by atoms with Crippen molar-refractivity contribution in [3.8, 4) is 11.5 Å². The maximum absolute atomic E-state index is 11.0. The Morgan fingerprint density at radius 2 is 1.92 bits per heavy atom. The minimum absolute atomic E-state index is 0. The monoisotopic (exact) mass is 433 g/mol. The fraction of sp³-hybridized carbons (Fsp3) is 0.611. The average molecular weight is 435 g/mol. The molecule has 0 aliphatic heterocycles. The molecule has 25 heavy (non-hydrogen) atoms. The Hall–Kier alpha value is -0.980. The van der Waals surface area contributed by atoms with Crippen molar-refractivity contribution < 1.29 is 26.7 Å². The maximum Gasteiger partial charge on any atom is 0.255 e. The number of hydrogen-bond donors (Lipinski definition) is 2. The van der Waals surface area contributed by atoms with Gasteiger partial charge in [0.25, 0.3) is 5.91 Å². The third kappa shape index (κ3) is 7.42. The molecular formula is C18H27BrClN2O3-. The van der Waals surface area contributed by atoms with Gasteiger partial charge in [-0.3, -0.25) is 4.79 Å². The van der Waals surface area contributed by atoms with Crippen molar-refractivity contribution in [2.75, 3.05) is 13.2 Å². The lowest BCUT2D eigenvalue weighted by molar-refractivity contribution is -0.120. The molecule has 0 atom stereocenters. The predicted octanol–water partition coefficient (Wildman–Crippen LogP) is 0.528. The van der Waals surface area contributed by atoms with Crippen molar-refractivity contribution in [2.24, 2.45) is 5.73 Å². The fourth-order valence-corrected chi connectivity index (χ4v) is 3.62. The molecule has 0 aromatic heterocycles. The summed E-state index contributed by atoms with van der Waals surface area (Å²) in [7, 11) is 0. The first-order valence-corrected chi connectivity index (χ1v) is 9.49. The van der Waals surface area contributed by atoms with E-state index >= 15 is 0 Å². The molecule has 2 rings (SSSR count). The van der Waals surface area contributed by atoms with Crippen molar-refractivity contribution in [1.82, 2.24) is 5.32 Å². The van der Waals surface area contributed by atoms with Crippen LogP contribution in [0.3, 0.4) is 0 Å². The van der Waals surface area contributed by atoms with Gasteiger partial charge in [-0.15, -0.1) is 0 Å². The Balaban J connectivity index is 0.00000312. The van der Waals surface area contributed by atoms with Crippen LogP contribution < -0.4 is 32.9 Å². The van der Waals surface area contributed by atoms with E-state index in [9.17, 15) is 4.79 Å².